The third kappa shape index (κ3) is 7.31. The molecule has 0 saturated carbocycles. The molecule has 3 N–H and O–H groups in total. The second-order valence-corrected chi connectivity index (χ2v) is 6.54. The molecule has 0 heterocycles. The topological polar surface area (TPSA) is 65.9 Å². The van der Waals surface area contributed by atoms with Gasteiger partial charge in [-0.25, -0.2) is 0 Å². The molecule has 0 amide bonds. The maximum Gasteiger partial charge on any atom is 0.191 e. The molecule has 0 aliphatic heterocycles. The molecule has 0 bridgehead atoms. The number of ether oxygens (including phenoxy) is 1. The molecule has 5 nitrogen and oxygen atoms in total. The fourth-order valence-electron chi connectivity index (χ4n) is 2.83. The Morgan fingerprint density at radius 2 is 1.89 bits per heavy atom. The maximum atomic E-state index is 10.2. The largest absolute Gasteiger partial charge is 0.496 e. The van der Waals surface area contributed by atoms with E-state index in [-0.39, 0.29) is 0 Å². The minimum Gasteiger partial charge on any atom is -0.496 e. The molecule has 1 atom stereocenters. The molecule has 0 radical (unpaired) electrons. The molecule has 2 aromatic rings. The van der Waals surface area contributed by atoms with E-state index in [0.29, 0.717) is 13.0 Å². The molecule has 0 spiro atoms. The lowest BCUT2D eigenvalue weighted by Gasteiger charge is -2.14. The molecule has 0 saturated heterocycles. The van der Waals surface area contributed by atoms with E-state index in [0.717, 1.165) is 42.3 Å². The number of aliphatic imine (C=N–C) groups is 1. The van der Waals surface area contributed by atoms with Crippen molar-refractivity contribution in [3.8, 4) is 5.75 Å². The van der Waals surface area contributed by atoms with E-state index in [1.54, 1.807) is 7.11 Å². The van der Waals surface area contributed by atoms with Crippen molar-refractivity contribution in [2.24, 2.45) is 4.99 Å². The Morgan fingerprint density at radius 1 is 1.11 bits per heavy atom. The zero-order chi connectivity index (χ0) is 19.5. The van der Waals surface area contributed by atoms with Crippen molar-refractivity contribution in [3.63, 3.8) is 0 Å². The van der Waals surface area contributed by atoms with Crippen molar-refractivity contribution in [1.82, 2.24) is 10.6 Å². The van der Waals surface area contributed by atoms with Gasteiger partial charge >= 0.3 is 0 Å². The van der Waals surface area contributed by atoms with E-state index in [2.05, 4.69) is 33.8 Å². The summed E-state index contributed by atoms with van der Waals surface area (Å²) in [6.07, 6.45) is 0.977. The molecular formula is C22H31N3O2. The van der Waals surface area contributed by atoms with Gasteiger partial charge in [0, 0.05) is 19.5 Å². The second kappa shape index (κ2) is 11.2. The van der Waals surface area contributed by atoms with Crippen molar-refractivity contribution in [2.75, 3.05) is 26.7 Å². The molecule has 1 unspecified atom stereocenters. The lowest BCUT2D eigenvalue weighted by molar-refractivity contribution is 0.183. The van der Waals surface area contributed by atoms with E-state index < -0.39 is 6.10 Å². The first-order valence-corrected chi connectivity index (χ1v) is 9.50. The summed E-state index contributed by atoms with van der Waals surface area (Å²) in [4.78, 5) is 4.51. The molecule has 2 aromatic carbocycles. The van der Waals surface area contributed by atoms with Gasteiger partial charge < -0.3 is 20.5 Å². The summed E-state index contributed by atoms with van der Waals surface area (Å²) in [6.45, 7) is 5.97. The lowest BCUT2D eigenvalue weighted by Crippen LogP contribution is -2.39. The molecule has 27 heavy (non-hydrogen) atoms. The number of hydrogen-bond acceptors (Lipinski definition) is 3. The fraction of sp³-hybridized carbons (Fsp3) is 0.409. The van der Waals surface area contributed by atoms with Crippen LogP contribution in [0.15, 0.2) is 53.5 Å². The molecule has 0 aliphatic carbocycles. The number of aryl methyl sites for hydroxylation is 1. The monoisotopic (exact) mass is 369 g/mol. The number of rotatable bonds is 9. The number of benzene rings is 2. The Kier molecular flexibility index (Phi) is 8.65. The van der Waals surface area contributed by atoms with Gasteiger partial charge in [-0.15, -0.1) is 0 Å². The Hall–Kier alpha value is -2.53. The van der Waals surface area contributed by atoms with E-state index in [1.165, 1.54) is 5.56 Å². The van der Waals surface area contributed by atoms with Crippen LogP contribution < -0.4 is 15.4 Å². The first kappa shape index (κ1) is 20.8. The summed E-state index contributed by atoms with van der Waals surface area (Å²) in [5, 5.41) is 16.8. The second-order valence-electron chi connectivity index (χ2n) is 6.54. The van der Waals surface area contributed by atoms with Gasteiger partial charge in [0.1, 0.15) is 5.75 Å². The molecule has 146 valence electrons. The van der Waals surface area contributed by atoms with Crippen LogP contribution in [0.2, 0.25) is 0 Å². The predicted molar refractivity (Wildman–Crippen MR) is 112 cm³/mol. The Labute approximate surface area is 162 Å². The van der Waals surface area contributed by atoms with Gasteiger partial charge in [-0.2, -0.15) is 0 Å². The highest BCUT2D eigenvalue weighted by molar-refractivity contribution is 5.79. The molecular weight excluding hydrogens is 338 g/mol. The lowest BCUT2D eigenvalue weighted by atomic mass is 10.1. The van der Waals surface area contributed by atoms with Gasteiger partial charge in [0.25, 0.3) is 0 Å². The molecule has 2 rings (SSSR count). The van der Waals surface area contributed by atoms with Gasteiger partial charge in [-0.05, 0) is 43.0 Å². The van der Waals surface area contributed by atoms with E-state index in [1.807, 2.05) is 44.2 Å². The minimum atomic E-state index is -0.496. The van der Waals surface area contributed by atoms with Gasteiger partial charge in [0.05, 0.1) is 19.8 Å². The third-order valence-corrected chi connectivity index (χ3v) is 4.30. The standard InChI is InChI=1S/C22H31N3O2/c1-4-23-22(25-16-20(26)14-18-8-6-5-7-9-18)24-13-12-19-11-10-17(2)21(15-19)27-3/h5-11,15,20,26H,4,12-14,16H2,1-3H3,(H2,23,24,25). The smallest absolute Gasteiger partial charge is 0.191 e. The number of guanidine groups is 1. The zero-order valence-corrected chi connectivity index (χ0v) is 16.5. The van der Waals surface area contributed by atoms with E-state index >= 15 is 0 Å². The van der Waals surface area contributed by atoms with Gasteiger partial charge in [-0.3, -0.25) is 4.99 Å². The maximum absolute atomic E-state index is 10.2. The number of methoxy groups -OCH3 is 1. The third-order valence-electron chi connectivity index (χ3n) is 4.30. The molecule has 5 heteroatoms. The summed E-state index contributed by atoms with van der Waals surface area (Å²) < 4.78 is 5.38. The average Bonchev–Trinajstić information content (AvgIpc) is 2.68. The number of nitrogens with zero attached hydrogens (tertiary/aromatic N) is 1. The summed E-state index contributed by atoms with van der Waals surface area (Å²) >= 11 is 0. The molecule has 0 aromatic heterocycles. The summed E-state index contributed by atoms with van der Waals surface area (Å²) in [5.74, 6) is 1.64. The zero-order valence-electron chi connectivity index (χ0n) is 16.5. The Bertz CT molecular complexity index is 717. The number of aliphatic hydroxyl groups excluding tert-OH is 1. The average molecular weight is 370 g/mol. The SMILES string of the molecule is CCNC(=NCC(O)Cc1ccccc1)NCCc1ccc(C)c(OC)c1. The molecule has 0 fully saturated rings. The quantitative estimate of drug-likeness (QED) is 0.470. The normalized spacial score (nSPS) is 12.5. The highest BCUT2D eigenvalue weighted by Gasteiger charge is 2.06. The number of hydrogen-bond donors (Lipinski definition) is 3. The van der Waals surface area contributed by atoms with Crippen molar-refractivity contribution in [3.05, 3.63) is 65.2 Å². The highest BCUT2D eigenvalue weighted by atomic mass is 16.5. The van der Waals surface area contributed by atoms with E-state index in [9.17, 15) is 5.11 Å². The van der Waals surface area contributed by atoms with Crippen LogP contribution in [0.5, 0.6) is 5.75 Å². The predicted octanol–water partition coefficient (Wildman–Crippen LogP) is 2.70. The van der Waals surface area contributed by atoms with Crippen molar-refractivity contribution in [2.45, 2.75) is 32.8 Å². The first-order valence-electron chi connectivity index (χ1n) is 9.50. The van der Waals surface area contributed by atoms with Crippen LogP contribution in [0.3, 0.4) is 0 Å². The summed E-state index contributed by atoms with van der Waals surface area (Å²) in [6, 6.07) is 16.3. The summed E-state index contributed by atoms with van der Waals surface area (Å²) in [7, 11) is 1.70. The number of nitrogens with one attached hydrogen (secondary N) is 2. The minimum absolute atomic E-state index is 0.364. The van der Waals surface area contributed by atoms with Crippen LogP contribution in [0.1, 0.15) is 23.6 Å². The Balaban J connectivity index is 1.84. The van der Waals surface area contributed by atoms with E-state index in [4.69, 9.17) is 4.74 Å². The van der Waals surface area contributed by atoms with Crippen LogP contribution in [0.25, 0.3) is 0 Å². The van der Waals surface area contributed by atoms with Crippen molar-refractivity contribution < 1.29 is 9.84 Å². The number of aliphatic hydroxyl groups is 1. The van der Waals surface area contributed by atoms with Crippen LogP contribution in [0.4, 0.5) is 0 Å². The van der Waals surface area contributed by atoms with Crippen LogP contribution in [-0.4, -0.2) is 43.9 Å². The van der Waals surface area contributed by atoms with Crippen molar-refractivity contribution >= 4 is 5.96 Å². The van der Waals surface area contributed by atoms with Gasteiger partial charge in [0.2, 0.25) is 0 Å². The van der Waals surface area contributed by atoms with Gasteiger partial charge in [-0.1, -0.05) is 42.5 Å². The van der Waals surface area contributed by atoms with Crippen LogP contribution in [-0.2, 0) is 12.8 Å². The Morgan fingerprint density at radius 3 is 2.59 bits per heavy atom. The van der Waals surface area contributed by atoms with Crippen LogP contribution in [0, 0.1) is 6.92 Å². The fourth-order valence-corrected chi connectivity index (χ4v) is 2.83. The van der Waals surface area contributed by atoms with Gasteiger partial charge in [0.15, 0.2) is 5.96 Å². The first-order chi connectivity index (χ1) is 13.1. The summed E-state index contributed by atoms with van der Waals surface area (Å²) in [5.41, 5.74) is 3.47. The highest BCUT2D eigenvalue weighted by Crippen LogP contribution is 2.18. The molecule has 0 aliphatic rings. The van der Waals surface area contributed by atoms with Crippen molar-refractivity contribution in [1.29, 1.82) is 0 Å². The van der Waals surface area contributed by atoms with Crippen LogP contribution >= 0.6 is 0 Å².